The van der Waals surface area contributed by atoms with Gasteiger partial charge in [-0.15, -0.1) is 0 Å². The molecule has 0 heterocycles. The van der Waals surface area contributed by atoms with E-state index in [0.717, 1.165) is 0 Å². The fourth-order valence-electron chi connectivity index (χ4n) is 2.29. The van der Waals surface area contributed by atoms with Crippen molar-refractivity contribution in [3.63, 3.8) is 0 Å². The van der Waals surface area contributed by atoms with E-state index in [0.29, 0.717) is 44.8 Å². The summed E-state index contributed by atoms with van der Waals surface area (Å²) in [4.78, 5) is -0.653. The molecule has 146 valence electrons. The summed E-state index contributed by atoms with van der Waals surface area (Å²) in [6.07, 6.45) is 0. The van der Waals surface area contributed by atoms with Gasteiger partial charge < -0.3 is 9.47 Å². The Morgan fingerprint density at radius 3 is 1.07 bits per heavy atom. The standard InChI is InChI=1S/C20H14F4O2S2/c1-25-11-3-7-13(8-4-11)27-19-15(21)17(23)20(18(24)16(19)22)28-14-9-5-12(26-2)6-10-14/h3-10H,1-2H3. The number of ether oxygens (including phenoxy) is 2. The highest BCUT2D eigenvalue weighted by atomic mass is 32.2. The van der Waals surface area contributed by atoms with E-state index in [9.17, 15) is 17.6 Å². The van der Waals surface area contributed by atoms with Crippen LogP contribution in [0, 0.1) is 23.3 Å². The molecule has 0 unspecified atom stereocenters. The molecule has 0 saturated heterocycles. The fourth-order valence-corrected chi connectivity index (χ4v) is 4.03. The minimum atomic E-state index is -1.43. The Hall–Kier alpha value is -2.32. The molecule has 0 aromatic heterocycles. The Labute approximate surface area is 167 Å². The Bertz CT molecular complexity index is 867. The quantitative estimate of drug-likeness (QED) is 0.328. The van der Waals surface area contributed by atoms with Gasteiger partial charge in [0.25, 0.3) is 0 Å². The van der Waals surface area contributed by atoms with Crippen LogP contribution in [-0.4, -0.2) is 14.2 Å². The largest absolute Gasteiger partial charge is 0.497 e. The summed E-state index contributed by atoms with van der Waals surface area (Å²) in [7, 11) is 2.96. The van der Waals surface area contributed by atoms with Gasteiger partial charge in [-0.25, -0.2) is 17.6 Å². The van der Waals surface area contributed by atoms with Crippen molar-refractivity contribution in [1.29, 1.82) is 0 Å². The number of rotatable bonds is 6. The van der Waals surface area contributed by atoms with Crippen LogP contribution < -0.4 is 9.47 Å². The summed E-state index contributed by atoms with van der Waals surface area (Å²) in [5.74, 6) is -4.64. The molecule has 3 aromatic carbocycles. The van der Waals surface area contributed by atoms with Gasteiger partial charge in [0.2, 0.25) is 0 Å². The van der Waals surface area contributed by atoms with Crippen LogP contribution in [0.1, 0.15) is 0 Å². The lowest BCUT2D eigenvalue weighted by atomic mass is 10.3. The van der Waals surface area contributed by atoms with Crippen LogP contribution in [0.5, 0.6) is 11.5 Å². The second-order valence-electron chi connectivity index (χ2n) is 5.47. The average Bonchev–Trinajstić information content (AvgIpc) is 2.73. The zero-order valence-electron chi connectivity index (χ0n) is 14.8. The second-order valence-corrected chi connectivity index (χ2v) is 7.64. The molecule has 8 heteroatoms. The first-order valence-corrected chi connectivity index (χ1v) is 9.57. The molecule has 0 bridgehead atoms. The van der Waals surface area contributed by atoms with Crippen molar-refractivity contribution in [2.75, 3.05) is 14.2 Å². The van der Waals surface area contributed by atoms with Crippen LogP contribution in [0.15, 0.2) is 68.1 Å². The molecule has 3 aromatic rings. The predicted molar refractivity (Wildman–Crippen MR) is 101 cm³/mol. The average molecular weight is 426 g/mol. The Morgan fingerprint density at radius 2 is 0.821 bits per heavy atom. The smallest absolute Gasteiger partial charge is 0.177 e. The first-order chi connectivity index (χ1) is 13.4. The van der Waals surface area contributed by atoms with Gasteiger partial charge >= 0.3 is 0 Å². The highest BCUT2D eigenvalue weighted by Crippen LogP contribution is 2.41. The Balaban J connectivity index is 1.93. The summed E-state index contributed by atoms with van der Waals surface area (Å²) in [5, 5.41) is 0. The van der Waals surface area contributed by atoms with Gasteiger partial charge in [-0.05, 0) is 48.5 Å². The summed E-state index contributed by atoms with van der Waals surface area (Å²) < 4.78 is 68.0. The lowest BCUT2D eigenvalue weighted by Gasteiger charge is -2.12. The van der Waals surface area contributed by atoms with E-state index in [4.69, 9.17) is 9.47 Å². The maximum absolute atomic E-state index is 14.5. The number of hydrogen-bond acceptors (Lipinski definition) is 4. The van der Waals surface area contributed by atoms with E-state index in [-0.39, 0.29) is 0 Å². The summed E-state index contributed by atoms with van der Waals surface area (Å²) in [6, 6.07) is 12.5. The molecule has 3 rings (SSSR count). The molecule has 0 aliphatic rings. The molecule has 0 atom stereocenters. The van der Waals surface area contributed by atoms with Crippen LogP contribution in [-0.2, 0) is 0 Å². The van der Waals surface area contributed by atoms with Gasteiger partial charge in [0.05, 0.1) is 24.0 Å². The van der Waals surface area contributed by atoms with Gasteiger partial charge in [0.1, 0.15) is 11.5 Å². The lowest BCUT2D eigenvalue weighted by molar-refractivity contribution is 0.401. The highest BCUT2D eigenvalue weighted by Gasteiger charge is 2.26. The fraction of sp³-hybridized carbons (Fsp3) is 0.100. The minimum absolute atomic E-state index is 0.410. The Morgan fingerprint density at radius 1 is 0.536 bits per heavy atom. The van der Waals surface area contributed by atoms with Crippen molar-refractivity contribution in [2.24, 2.45) is 0 Å². The van der Waals surface area contributed by atoms with E-state index in [1.165, 1.54) is 38.5 Å². The van der Waals surface area contributed by atoms with E-state index < -0.39 is 33.1 Å². The third-order valence-corrected chi connectivity index (χ3v) is 5.88. The number of hydrogen-bond donors (Lipinski definition) is 0. The van der Waals surface area contributed by atoms with Crippen LogP contribution >= 0.6 is 23.5 Å². The van der Waals surface area contributed by atoms with Gasteiger partial charge in [-0.1, -0.05) is 23.5 Å². The van der Waals surface area contributed by atoms with Crippen molar-refractivity contribution >= 4 is 23.5 Å². The van der Waals surface area contributed by atoms with E-state index in [2.05, 4.69) is 0 Å². The second kappa shape index (κ2) is 8.79. The van der Waals surface area contributed by atoms with Crippen LogP contribution in [0.2, 0.25) is 0 Å². The maximum atomic E-state index is 14.5. The molecular weight excluding hydrogens is 412 g/mol. The number of benzene rings is 3. The van der Waals surface area contributed by atoms with E-state index in [1.807, 2.05) is 0 Å². The first kappa shape index (κ1) is 20.4. The maximum Gasteiger partial charge on any atom is 0.177 e. The Kier molecular flexibility index (Phi) is 6.41. The lowest BCUT2D eigenvalue weighted by Crippen LogP contribution is -2.01. The molecule has 0 radical (unpaired) electrons. The minimum Gasteiger partial charge on any atom is -0.497 e. The molecule has 0 fully saturated rings. The van der Waals surface area contributed by atoms with Crippen molar-refractivity contribution < 1.29 is 27.0 Å². The van der Waals surface area contributed by atoms with Crippen LogP contribution in [0.3, 0.4) is 0 Å². The molecule has 0 spiro atoms. The van der Waals surface area contributed by atoms with Gasteiger partial charge in [0, 0.05) is 9.79 Å². The number of halogens is 4. The van der Waals surface area contributed by atoms with E-state index in [1.54, 1.807) is 24.3 Å². The van der Waals surface area contributed by atoms with Crippen molar-refractivity contribution in [2.45, 2.75) is 19.6 Å². The summed E-state index contributed by atoms with van der Waals surface area (Å²) in [5.41, 5.74) is 0. The summed E-state index contributed by atoms with van der Waals surface area (Å²) >= 11 is 1.19. The third-order valence-electron chi connectivity index (χ3n) is 3.74. The van der Waals surface area contributed by atoms with Gasteiger partial charge in [-0.3, -0.25) is 0 Å². The van der Waals surface area contributed by atoms with Gasteiger partial charge in [-0.2, -0.15) is 0 Å². The van der Waals surface area contributed by atoms with E-state index >= 15 is 0 Å². The molecule has 28 heavy (non-hydrogen) atoms. The third kappa shape index (κ3) is 4.23. The molecule has 0 aliphatic carbocycles. The number of methoxy groups -OCH3 is 2. The zero-order chi connectivity index (χ0) is 20.3. The van der Waals surface area contributed by atoms with Crippen molar-refractivity contribution in [3.05, 3.63) is 71.8 Å². The normalized spacial score (nSPS) is 10.8. The van der Waals surface area contributed by atoms with Crippen molar-refractivity contribution in [3.8, 4) is 11.5 Å². The zero-order valence-corrected chi connectivity index (χ0v) is 16.4. The highest BCUT2D eigenvalue weighted by molar-refractivity contribution is 7.99. The molecule has 0 amide bonds. The van der Waals surface area contributed by atoms with Crippen LogP contribution in [0.4, 0.5) is 17.6 Å². The summed E-state index contributed by atoms with van der Waals surface area (Å²) in [6.45, 7) is 0. The first-order valence-electron chi connectivity index (χ1n) is 7.94. The van der Waals surface area contributed by atoms with Crippen LogP contribution in [0.25, 0.3) is 0 Å². The monoisotopic (exact) mass is 426 g/mol. The van der Waals surface area contributed by atoms with Crippen molar-refractivity contribution in [1.82, 2.24) is 0 Å². The van der Waals surface area contributed by atoms with Gasteiger partial charge in [0.15, 0.2) is 23.3 Å². The molecule has 0 aliphatic heterocycles. The SMILES string of the molecule is COc1ccc(Sc2c(F)c(F)c(Sc3ccc(OC)cc3)c(F)c2F)cc1. The molecule has 0 saturated carbocycles. The predicted octanol–water partition coefficient (Wildman–Crippen LogP) is 6.56. The molecule has 0 N–H and O–H groups in total. The topological polar surface area (TPSA) is 18.5 Å². The molecular formula is C20H14F4O2S2. The molecule has 2 nitrogen and oxygen atoms in total.